The summed E-state index contributed by atoms with van der Waals surface area (Å²) < 4.78 is 2.21. The largest absolute Gasteiger partial charge is 0.352 e. The first kappa shape index (κ1) is 24.6. The monoisotopic (exact) mass is 510 g/mol. The van der Waals surface area contributed by atoms with Crippen molar-refractivity contribution >= 4 is 28.9 Å². The number of thiocarbonyl (C=S) groups is 1. The quantitative estimate of drug-likeness (QED) is 0.333. The molecule has 188 valence electrons. The third-order valence-electron chi connectivity index (χ3n) is 6.89. The van der Waals surface area contributed by atoms with Crippen molar-refractivity contribution in [3.8, 4) is 5.69 Å². The lowest BCUT2D eigenvalue weighted by Gasteiger charge is -2.28. The summed E-state index contributed by atoms with van der Waals surface area (Å²) in [5.41, 5.74) is 7.14. The third-order valence-corrected chi connectivity index (χ3v) is 7.24. The smallest absolute Gasteiger partial charge is 0.226 e. The molecule has 0 aliphatic carbocycles. The van der Waals surface area contributed by atoms with E-state index in [1.807, 2.05) is 61.7 Å². The number of nitrogens with zero attached hydrogens (tertiary/aromatic N) is 4. The zero-order valence-electron chi connectivity index (χ0n) is 21.2. The summed E-state index contributed by atoms with van der Waals surface area (Å²) in [5.74, 6) is -0.0435. The van der Waals surface area contributed by atoms with E-state index in [9.17, 15) is 4.79 Å². The minimum atomic E-state index is -0.143. The van der Waals surface area contributed by atoms with Crippen LogP contribution < -0.4 is 10.6 Å². The van der Waals surface area contributed by atoms with Crippen LogP contribution in [0.3, 0.4) is 0 Å². The van der Waals surface area contributed by atoms with E-state index in [2.05, 4.69) is 56.0 Å². The molecule has 0 unspecified atom stereocenters. The van der Waals surface area contributed by atoms with Crippen molar-refractivity contribution in [2.45, 2.75) is 39.3 Å². The molecular weight excluding hydrogens is 480 g/mol. The summed E-state index contributed by atoms with van der Waals surface area (Å²) in [6, 6.07) is 19.6. The van der Waals surface area contributed by atoms with Gasteiger partial charge < -0.3 is 20.1 Å². The summed E-state index contributed by atoms with van der Waals surface area (Å²) in [6.07, 6.45) is 5.75. The van der Waals surface area contributed by atoms with Crippen molar-refractivity contribution in [2.24, 2.45) is 0 Å². The van der Waals surface area contributed by atoms with Crippen LogP contribution in [0.25, 0.3) is 5.69 Å². The fraction of sp³-hybridized carbons (Fsp3) is 0.241. The van der Waals surface area contributed by atoms with Gasteiger partial charge in [0.2, 0.25) is 5.91 Å². The number of aromatic nitrogens is 3. The number of carbonyl (C=O) groups excluding carboxylic acids is 1. The number of aryl methyl sites for hydroxylation is 2. The number of pyridine rings is 2. The Kier molecular flexibility index (Phi) is 7.01. The van der Waals surface area contributed by atoms with Crippen LogP contribution in [-0.4, -0.2) is 37.0 Å². The normalized spacial score (nSPS) is 17.1. The SMILES string of the molecule is Cc1ccccc1NC(=O)CCN1C(=S)N[C@H](c2ccccn2)[C@@H]1c1cc(C)n(-c2cccnc2)c1C. The fourth-order valence-corrected chi connectivity index (χ4v) is 5.43. The zero-order valence-corrected chi connectivity index (χ0v) is 22.0. The second-order valence-corrected chi connectivity index (χ2v) is 9.69. The van der Waals surface area contributed by atoms with Crippen molar-refractivity contribution in [2.75, 3.05) is 11.9 Å². The molecule has 0 saturated carbocycles. The van der Waals surface area contributed by atoms with Crippen molar-refractivity contribution in [3.63, 3.8) is 0 Å². The Balaban J connectivity index is 1.47. The van der Waals surface area contributed by atoms with E-state index >= 15 is 0 Å². The molecule has 7 nitrogen and oxygen atoms in total. The molecule has 0 spiro atoms. The number of hydrogen-bond donors (Lipinski definition) is 2. The molecule has 1 fully saturated rings. The summed E-state index contributed by atoms with van der Waals surface area (Å²) in [7, 11) is 0. The molecular formula is C29H30N6OS. The lowest BCUT2D eigenvalue weighted by atomic mass is 9.96. The molecule has 1 aromatic carbocycles. The highest BCUT2D eigenvalue weighted by molar-refractivity contribution is 7.80. The van der Waals surface area contributed by atoms with Gasteiger partial charge in [-0.05, 0) is 80.5 Å². The Morgan fingerprint density at radius 1 is 1.05 bits per heavy atom. The van der Waals surface area contributed by atoms with Gasteiger partial charge in [0.05, 0.1) is 29.7 Å². The molecule has 4 heterocycles. The number of para-hydroxylation sites is 1. The standard InChI is InChI=1S/C29H30N6OS/c1-19-9-4-5-11-24(19)32-26(36)13-16-34-28(27(33-29(34)37)25-12-6-7-15-31-25)23-17-20(2)35(21(23)3)22-10-8-14-30-18-22/h4-12,14-15,17-18,27-28H,13,16H2,1-3H3,(H,32,36)(H,33,37)/t27-,28+/m1/s1. The summed E-state index contributed by atoms with van der Waals surface area (Å²) in [6.45, 7) is 6.68. The molecule has 0 bridgehead atoms. The average molecular weight is 511 g/mol. The van der Waals surface area contributed by atoms with Crippen LogP contribution in [0.4, 0.5) is 5.69 Å². The number of amides is 1. The van der Waals surface area contributed by atoms with Gasteiger partial charge in [-0.25, -0.2) is 0 Å². The number of carbonyl (C=O) groups is 1. The van der Waals surface area contributed by atoms with Crippen LogP contribution in [-0.2, 0) is 4.79 Å². The maximum absolute atomic E-state index is 12.9. The van der Waals surface area contributed by atoms with Crippen LogP contribution in [0.2, 0.25) is 0 Å². The second-order valence-electron chi connectivity index (χ2n) is 9.31. The number of rotatable bonds is 7. The molecule has 3 aromatic heterocycles. The highest BCUT2D eigenvalue weighted by Gasteiger charge is 2.41. The van der Waals surface area contributed by atoms with Crippen molar-refractivity contribution in [3.05, 3.63) is 107 Å². The summed E-state index contributed by atoms with van der Waals surface area (Å²) in [4.78, 5) is 24.0. The van der Waals surface area contributed by atoms with E-state index in [-0.39, 0.29) is 18.0 Å². The van der Waals surface area contributed by atoms with Crippen molar-refractivity contribution < 1.29 is 4.79 Å². The number of benzene rings is 1. The van der Waals surface area contributed by atoms with Gasteiger partial charge in [0.1, 0.15) is 0 Å². The van der Waals surface area contributed by atoms with Gasteiger partial charge in [-0.2, -0.15) is 0 Å². The first-order valence-corrected chi connectivity index (χ1v) is 12.8. The van der Waals surface area contributed by atoms with Gasteiger partial charge in [0.25, 0.3) is 0 Å². The Morgan fingerprint density at radius 3 is 2.59 bits per heavy atom. The Labute approximate surface area is 222 Å². The molecule has 4 aromatic rings. The van der Waals surface area contributed by atoms with Crippen molar-refractivity contribution in [1.82, 2.24) is 24.8 Å². The van der Waals surface area contributed by atoms with Crippen LogP contribution in [0.15, 0.2) is 79.3 Å². The highest BCUT2D eigenvalue weighted by Crippen LogP contribution is 2.41. The van der Waals surface area contributed by atoms with Gasteiger partial charge in [0, 0.05) is 42.4 Å². The summed E-state index contributed by atoms with van der Waals surface area (Å²) >= 11 is 5.81. The van der Waals surface area contributed by atoms with E-state index in [4.69, 9.17) is 12.2 Å². The predicted molar refractivity (Wildman–Crippen MR) is 150 cm³/mol. The second kappa shape index (κ2) is 10.5. The topological polar surface area (TPSA) is 75.1 Å². The van der Waals surface area contributed by atoms with Gasteiger partial charge in [-0.1, -0.05) is 24.3 Å². The Bertz CT molecular complexity index is 1420. The first-order chi connectivity index (χ1) is 17.9. The van der Waals surface area contributed by atoms with Crippen molar-refractivity contribution in [1.29, 1.82) is 0 Å². The van der Waals surface area contributed by atoms with E-state index < -0.39 is 0 Å². The summed E-state index contributed by atoms with van der Waals surface area (Å²) in [5, 5.41) is 7.15. The Morgan fingerprint density at radius 2 is 1.86 bits per heavy atom. The minimum Gasteiger partial charge on any atom is -0.352 e. The molecule has 5 rings (SSSR count). The number of nitrogens with one attached hydrogen (secondary N) is 2. The lowest BCUT2D eigenvalue weighted by molar-refractivity contribution is -0.116. The van der Waals surface area contributed by atoms with Crippen LogP contribution in [0.1, 0.15) is 46.7 Å². The third kappa shape index (κ3) is 4.97. The number of anilines is 1. The number of hydrogen-bond acceptors (Lipinski definition) is 4. The van der Waals surface area contributed by atoms with E-state index in [0.717, 1.165) is 39.6 Å². The first-order valence-electron chi connectivity index (χ1n) is 12.4. The molecule has 8 heteroatoms. The molecule has 2 atom stereocenters. The van der Waals surface area contributed by atoms with Crippen LogP contribution >= 0.6 is 12.2 Å². The molecule has 2 N–H and O–H groups in total. The maximum Gasteiger partial charge on any atom is 0.226 e. The minimum absolute atomic E-state index is 0.0435. The lowest BCUT2D eigenvalue weighted by Crippen LogP contribution is -2.33. The molecule has 1 aliphatic rings. The Hall–Kier alpha value is -4.04. The van der Waals surface area contributed by atoms with Gasteiger partial charge >= 0.3 is 0 Å². The van der Waals surface area contributed by atoms with Gasteiger partial charge in [-0.3, -0.25) is 14.8 Å². The zero-order chi connectivity index (χ0) is 25.9. The highest BCUT2D eigenvalue weighted by atomic mass is 32.1. The van der Waals surface area contributed by atoms with Crippen LogP contribution in [0, 0.1) is 20.8 Å². The molecule has 37 heavy (non-hydrogen) atoms. The molecule has 1 aliphatic heterocycles. The van der Waals surface area contributed by atoms with Crippen LogP contribution in [0.5, 0.6) is 0 Å². The molecule has 1 saturated heterocycles. The van der Waals surface area contributed by atoms with E-state index in [0.29, 0.717) is 18.1 Å². The van der Waals surface area contributed by atoms with Gasteiger partial charge in [-0.15, -0.1) is 0 Å². The van der Waals surface area contributed by atoms with E-state index in [1.165, 1.54) is 0 Å². The average Bonchev–Trinajstić information content (AvgIpc) is 3.39. The molecule has 1 amide bonds. The van der Waals surface area contributed by atoms with E-state index in [1.54, 1.807) is 12.4 Å². The van der Waals surface area contributed by atoms with Gasteiger partial charge in [0.15, 0.2) is 5.11 Å². The predicted octanol–water partition coefficient (Wildman–Crippen LogP) is 5.19. The maximum atomic E-state index is 12.9. The fourth-order valence-electron chi connectivity index (χ4n) is 5.10. The molecule has 0 radical (unpaired) electrons.